The third-order valence-electron chi connectivity index (χ3n) is 4.02. The van der Waals surface area contributed by atoms with Crippen LogP contribution in [-0.4, -0.2) is 27.1 Å². The Balaban J connectivity index is 1.51. The van der Waals surface area contributed by atoms with Crippen LogP contribution >= 0.6 is 11.3 Å². The van der Waals surface area contributed by atoms with Crippen LogP contribution in [0.25, 0.3) is 10.2 Å². The molecule has 0 fully saturated rings. The number of benzene rings is 1. The summed E-state index contributed by atoms with van der Waals surface area (Å²) in [6.07, 6.45) is 4.51. The zero-order valence-electron chi connectivity index (χ0n) is 11.8. The number of H-pyrrole nitrogens is 1. The molecule has 0 spiro atoms. The highest BCUT2D eigenvalue weighted by Crippen LogP contribution is 2.25. The summed E-state index contributed by atoms with van der Waals surface area (Å²) in [6.45, 7) is 0. The van der Waals surface area contributed by atoms with Crippen molar-refractivity contribution >= 4 is 32.6 Å². The van der Waals surface area contributed by atoms with Gasteiger partial charge in [0, 0.05) is 17.3 Å². The first-order chi connectivity index (χ1) is 10.7. The van der Waals surface area contributed by atoms with Crippen LogP contribution < -0.4 is 11.1 Å². The Morgan fingerprint density at radius 3 is 3.27 bits per heavy atom. The second-order valence-electron chi connectivity index (χ2n) is 5.52. The second-order valence-corrected chi connectivity index (χ2v) is 6.58. The van der Waals surface area contributed by atoms with Gasteiger partial charge in [0.25, 0.3) is 5.91 Å². The predicted octanol–water partition coefficient (Wildman–Crippen LogP) is 1.89. The summed E-state index contributed by atoms with van der Waals surface area (Å²) < 4.78 is 0.995. The molecule has 1 aromatic carbocycles. The number of nitrogens with one attached hydrogen (secondary N) is 2. The molecule has 0 bridgehead atoms. The van der Waals surface area contributed by atoms with Crippen LogP contribution in [-0.2, 0) is 12.8 Å². The number of amides is 1. The largest absolute Gasteiger partial charge is 0.375 e. The highest BCUT2D eigenvalue weighted by atomic mass is 32.1. The summed E-state index contributed by atoms with van der Waals surface area (Å²) in [5.41, 5.74) is 9.47. The number of nitrogens with zero attached hydrogens (tertiary/aromatic N) is 2. The van der Waals surface area contributed by atoms with Gasteiger partial charge in [-0.25, -0.2) is 4.98 Å². The van der Waals surface area contributed by atoms with Crippen LogP contribution in [0.15, 0.2) is 24.4 Å². The van der Waals surface area contributed by atoms with E-state index in [1.54, 1.807) is 6.07 Å². The predicted molar refractivity (Wildman–Crippen MR) is 85.9 cm³/mol. The lowest BCUT2D eigenvalue weighted by Gasteiger charge is -2.22. The number of carbonyl (C=O) groups excluding carboxylic acids is 1. The zero-order valence-corrected chi connectivity index (χ0v) is 12.6. The Morgan fingerprint density at radius 2 is 2.36 bits per heavy atom. The molecule has 3 aromatic rings. The number of carbonyl (C=O) groups is 1. The highest BCUT2D eigenvalue weighted by molar-refractivity contribution is 7.22. The normalized spacial score (nSPS) is 17.4. The molecule has 2 aromatic heterocycles. The van der Waals surface area contributed by atoms with Gasteiger partial charge >= 0.3 is 0 Å². The number of aromatic nitrogens is 3. The number of rotatable bonds is 2. The molecule has 0 saturated heterocycles. The second kappa shape index (κ2) is 5.10. The van der Waals surface area contributed by atoms with E-state index in [9.17, 15) is 4.79 Å². The summed E-state index contributed by atoms with van der Waals surface area (Å²) in [5, 5.41) is 10.7. The molecule has 1 amide bonds. The van der Waals surface area contributed by atoms with Crippen molar-refractivity contribution in [2.75, 3.05) is 5.73 Å². The van der Waals surface area contributed by atoms with Gasteiger partial charge in [-0.05, 0) is 43.0 Å². The first-order valence-electron chi connectivity index (χ1n) is 7.17. The maximum atomic E-state index is 12.4. The zero-order chi connectivity index (χ0) is 15.1. The Hall–Kier alpha value is -2.41. The fourth-order valence-electron chi connectivity index (χ4n) is 2.89. The van der Waals surface area contributed by atoms with Gasteiger partial charge < -0.3 is 11.1 Å². The molecule has 1 atom stereocenters. The van der Waals surface area contributed by atoms with E-state index >= 15 is 0 Å². The average molecular weight is 313 g/mol. The van der Waals surface area contributed by atoms with Crippen molar-refractivity contribution in [3.05, 3.63) is 41.2 Å². The van der Waals surface area contributed by atoms with Crippen LogP contribution in [0.5, 0.6) is 0 Å². The molecule has 0 aliphatic heterocycles. The molecule has 0 saturated carbocycles. The third-order valence-corrected chi connectivity index (χ3v) is 4.88. The molecule has 4 N–H and O–H groups in total. The highest BCUT2D eigenvalue weighted by Gasteiger charge is 2.22. The minimum atomic E-state index is -0.0644. The molecule has 1 aliphatic carbocycles. The Kier molecular flexibility index (Phi) is 3.07. The Labute approximate surface area is 130 Å². The number of aryl methyl sites for hydroxylation is 1. The number of fused-ring (bicyclic) bond motifs is 2. The van der Waals surface area contributed by atoms with Crippen molar-refractivity contribution in [1.29, 1.82) is 0 Å². The maximum Gasteiger partial charge on any atom is 0.251 e. The minimum absolute atomic E-state index is 0.0644. The first kappa shape index (κ1) is 13.3. The summed E-state index contributed by atoms with van der Waals surface area (Å²) in [5.74, 6) is -0.0644. The third kappa shape index (κ3) is 2.33. The Morgan fingerprint density at radius 1 is 1.45 bits per heavy atom. The van der Waals surface area contributed by atoms with Crippen molar-refractivity contribution in [1.82, 2.24) is 20.5 Å². The molecule has 1 aliphatic rings. The SMILES string of the molecule is Nc1nc2cc(C(=O)NC3CCc4[nH]ncc4C3)ccc2s1. The molecule has 22 heavy (non-hydrogen) atoms. The molecule has 2 heterocycles. The fourth-order valence-corrected chi connectivity index (χ4v) is 3.61. The Bertz CT molecular complexity index is 853. The standard InChI is InChI=1S/C15H15N5OS/c16-15-19-12-6-8(1-4-13(12)22-15)14(21)18-10-2-3-11-9(5-10)7-17-20-11/h1,4,6-7,10H,2-3,5H2,(H2,16,19)(H,17,20)(H,18,21). The van der Waals surface area contributed by atoms with Crippen LogP contribution in [0, 0.1) is 0 Å². The summed E-state index contributed by atoms with van der Waals surface area (Å²) in [7, 11) is 0. The fraction of sp³-hybridized carbons (Fsp3) is 0.267. The van der Waals surface area contributed by atoms with Gasteiger partial charge in [-0.1, -0.05) is 11.3 Å². The van der Waals surface area contributed by atoms with Crippen molar-refractivity contribution in [3.8, 4) is 0 Å². The monoisotopic (exact) mass is 313 g/mol. The van der Waals surface area contributed by atoms with Gasteiger partial charge in [-0.3, -0.25) is 9.89 Å². The van der Waals surface area contributed by atoms with Crippen molar-refractivity contribution in [2.45, 2.75) is 25.3 Å². The number of aromatic amines is 1. The maximum absolute atomic E-state index is 12.4. The van der Waals surface area contributed by atoms with Crippen molar-refractivity contribution in [2.24, 2.45) is 0 Å². The van der Waals surface area contributed by atoms with Gasteiger partial charge in [0.05, 0.1) is 16.4 Å². The molecule has 0 radical (unpaired) electrons. The van der Waals surface area contributed by atoms with Crippen molar-refractivity contribution < 1.29 is 4.79 Å². The number of nitrogen functional groups attached to an aromatic ring is 1. The lowest BCUT2D eigenvalue weighted by molar-refractivity contribution is 0.0933. The van der Waals surface area contributed by atoms with E-state index in [0.717, 1.165) is 29.5 Å². The lowest BCUT2D eigenvalue weighted by atomic mass is 9.93. The van der Waals surface area contributed by atoms with Gasteiger partial charge in [-0.15, -0.1) is 0 Å². The quantitative estimate of drug-likeness (QED) is 0.673. The number of anilines is 1. The molecular formula is C15H15N5OS. The van der Waals surface area contributed by atoms with Crippen LogP contribution in [0.4, 0.5) is 5.13 Å². The van der Waals surface area contributed by atoms with E-state index in [1.165, 1.54) is 22.6 Å². The molecular weight excluding hydrogens is 298 g/mol. The van der Waals surface area contributed by atoms with Gasteiger partial charge in [0.1, 0.15) is 0 Å². The minimum Gasteiger partial charge on any atom is -0.375 e. The number of thiazole rings is 1. The van der Waals surface area contributed by atoms with Gasteiger partial charge in [0.15, 0.2) is 5.13 Å². The van der Waals surface area contributed by atoms with Gasteiger partial charge in [0.2, 0.25) is 0 Å². The number of nitrogens with two attached hydrogens (primary N) is 1. The molecule has 1 unspecified atom stereocenters. The number of hydrogen-bond acceptors (Lipinski definition) is 5. The van der Waals surface area contributed by atoms with E-state index in [-0.39, 0.29) is 11.9 Å². The lowest BCUT2D eigenvalue weighted by Crippen LogP contribution is -2.38. The van der Waals surface area contributed by atoms with Gasteiger partial charge in [-0.2, -0.15) is 5.10 Å². The summed E-state index contributed by atoms with van der Waals surface area (Å²) in [6, 6.07) is 5.66. The molecule has 112 valence electrons. The van der Waals surface area contributed by atoms with Crippen LogP contribution in [0.3, 0.4) is 0 Å². The molecule has 4 rings (SSSR count). The smallest absolute Gasteiger partial charge is 0.251 e. The van der Waals surface area contributed by atoms with E-state index in [2.05, 4.69) is 20.5 Å². The average Bonchev–Trinajstić information content (AvgIpc) is 3.10. The van der Waals surface area contributed by atoms with E-state index in [4.69, 9.17) is 5.73 Å². The molecule has 6 nitrogen and oxygen atoms in total. The summed E-state index contributed by atoms with van der Waals surface area (Å²) >= 11 is 1.43. The summed E-state index contributed by atoms with van der Waals surface area (Å²) in [4.78, 5) is 16.7. The van der Waals surface area contributed by atoms with Crippen LogP contribution in [0.1, 0.15) is 28.0 Å². The topological polar surface area (TPSA) is 96.7 Å². The van der Waals surface area contributed by atoms with Crippen LogP contribution in [0.2, 0.25) is 0 Å². The van der Waals surface area contributed by atoms with E-state index in [1.807, 2.05) is 18.3 Å². The first-order valence-corrected chi connectivity index (χ1v) is 7.99. The van der Waals surface area contributed by atoms with E-state index in [0.29, 0.717) is 10.7 Å². The van der Waals surface area contributed by atoms with Crippen molar-refractivity contribution in [3.63, 3.8) is 0 Å². The number of hydrogen-bond donors (Lipinski definition) is 3. The van der Waals surface area contributed by atoms with E-state index < -0.39 is 0 Å². The molecule has 7 heteroatoms.